The van der Waals surface area contributed by atoms with Gasteiger partial charge in [-0.2, -0.15) is 4.39 Å². The highest BCUT2D eigenvalue weighted by Crippen LogP contribution is 2.08. The number of aromatic nitrogens is 3. The van der Waals surface area contributed by atoms with Gasteiger partial charge in [-0.15, -0.1) is 5.10 Å². The third-order valence-corrected chi connectivity index (χ3v) is 1.90. The third-order valence-electron chi connectivity index (χ3n) is 1.90. The molecule has 0 aliphatic carbocycles. The summed E-state index contributed by atoms with van der Waals surface area (Å²) in [5.41, 5.74) is 0. The molecule has 5 heteroatoms. The van der Waals surface area contributed by atoms with E-state index in [4.69, 9.17) is 0 Å². The topological polar surface area (TPSA) is 34.0 Å². The number of hydrogen-bond acceptors (Lipinski definition) is 3. The van der Waals surface area contributed by atoms with Crippen LogP contribution in [0, 0.1) is 6.08 Å². The van der Waals surface area contributed by atoms with Gasteiger partial charge in [0.2, 0.25) is 0 Å². The van der Waals surface area contributed by atoms with Gasteiger partial charge in [0, 0.05) is 13.1 Å². The molecule has 4 nitrogen and oxygen atoms in total. The SMILES string of the molecule is CN1CCn2c(F)nnc2C1. The van der Waals surface area contributed by atoms with E-state index in [2.05, 4.69) is 15.1 Å². The number of hydrogen-bond donors (Lipinski definition) is 0. The lowest BCUT2D eigenvalue weighted by Gasteiger charge is -2.22. The highest BCUT2D eigenvalue weighted by molar-refractivity contribution is 4.90. The summed E-state index contributed by atoms with van der Waals surface area (Å²) in [6.07, 6.45) is -0.465. The Kier molecular flexibility index (Phi) is 1.38. The molecule has 60 valence electrons. The Labute approximate surface area is 63.6 Å². The van der Waals surface area contributed by atoms with E-state index in [1.165, 1.54) is 4.57 Å². The molecule has 0 amide bonds. The van der Waals surface area contributed by atoms with Crippen molar-refractivity contribution >= 4 is 0 Å². The van der Waals surface area contributed by atoms with Crippen molar-refractivity contribution in [3.8, 4) is 0 Å². The molecule has 0 radical (unpaired) electrons. The van der Waals surface area contributed by atoms with Gasteiger partial charge in [-0.25, -0.2) is 0 Å². The van der Waals surface area contributed by atoms with E-state index in [9.17, 15) is 4.39 Å². The molecule has 0 saturated carbocycles. The lowest BCUT2D eigenvalue weighted by atomic mass is 10.4. The second-order valence-electron chi connectivity index (χ2n) is 2.77. The number of likely N-dealkylation sites (N-methyl/N-ethyl adjacent to an activating group) is 1. The van der Waals surface area contributed by atoms with Crippen LogP contribution in [-0.4, -0.2) is 33.3 Å². The van der Waals surface area contributed by atoms with Crippen LogP contribution < -0.4 is 0 Å². The summed E-state index contributed by atoms with van der Waals surface area (Å²) in [6, 6.07) is 0. The summed E-state index contributed by atoms with van der Waals surface area (Å²) in [5, 5.41) is 7.06. The number of rotatable bonds is 0. The highest BCUT2D eigenvalue weighted by atomic mass is 19.1. The van der Waals surface area contributed by atoms with Gasteiger partial charge in [0.15, 0.2) is 0 Å². The lowest BCUT2D eigenvalue weighted by Crippen LogP contribution is -2.31. The van der Waals surface area contributed by atoms with Crippen LogP contribution >= 0.6 is 0 Å². The van der Waals surface area contributed by atoms with E-state index in [0.29, 0.717) is 13.1 Å². The minimum atomic E-state index is -0.465. The summed E-state index contributed by atoms with van der Waals surface area (Å²) in [4.78, 5) is 2.09. The smallest absolute Gasteiger partial charge is 0.297 e. The van der Waals surface area contributed by atoms with Gasteiger partial charge >= 0.3 is 6.08 Å². The largest absolute Gasteiger partial charge is 0.309 e. The molecule has 0 atom stereocenters. The van der Waals surface area contributed by atoms with Gasteiger partial charge in [0.1, 0.15) is 5.82 Å². The molecule has 1 aliphatic heterocycles. The molecule has 0 bridgehead atoms. The van der Waals surface area contributed by atoms with Gasteiger partial charge in [0.25, 0.3) is 0 Å². The molecule has 1 aromatic rings. The molecule has 11 heavy (non-hydrogen) atoms. The third kappa shape index (κ3) is 1.01. The fourth-order valence-corrected chi connectivity index (χ4v) is 1.24. The van der Waals surface area contributed by atoms with Gasteiger partial charge in [0.05, 0.1) is 6.54 Å². The predicted octanol–water partition coefficient (Wildman–Crippen LogP) is -0.137. The Hall–Kier alpha value is -0.970. The zero-order valence-corrected chi connectivity index (χ0v) is 6.29. The van der Waals surface area contributed by atoms with Crippen molar-refractivity contribution in [1.29, 1.82) is 0 Å². The van der Waals surface area contributed by atoms with Gasteiger partial charge in [-0.1, -0.05) is 5.10 Å². The molecule has 2 heterocycles. The molecule has 0 saturated heterocycles. The Morgan fingerprint density at radius 1 is 1.36 bits per heavy atom. The zero-order chi connectivity index (χ0) is 7.84. The Morgan fingerprint density at radius 3 is 3.00 bits per heavy atom. The fourth-order valence-electron chi connectivity index (χ4n) is 1.24. The monoisotopic (exact) mass is 156 g/mol. The minimum absolute atomic E-state index is 0.465. The molecule has 1 aromatic heterocycles. The molecular weight excluding hydrogens is 147 g/mol. The summed E-state index contributed by atoms with van der Waals surface area (Å²) < 4.78 is 14.2. The Balaban J connectivity index is 2.36. The minimum Gasteiger partial charge on any atom is -0.297 e. The van der Waals surface area contributed by atoms with Crippen molar-refractivity contribution in [2.75, 3.05) is 13.6 Å². The average Bonchev–Trinajstić information content (AvgIpc) is 2.32. The molecular formula is C6H9FN4. The molecule has 2 rings (SSSR count). The number of nitrogens with zero attached hydrogens (tertiary/aromatic N) is 4. The summed E-state index contributed by atoms with van der Waals surface area (Å²) in [6.45, 7) is 2.21. The summed E-state index contributed by atoms with van der Waals surface area (Å²) in [7, 11) is 1.98. The first-order chi connectivity index (χ1) is 5.27. The van der Waals surface area contributed by atoms with Crippen LogP contribution in [0.15, 0.2) is 0 Å². The normalized spacial score (nSPS) is 18.4. The quantitative estimate of drug-likeness (QED) is 0.524. The second kappa shape index (κ2) is 2.27. The van der Waals surface area contributed by atoms with E-state index in [1.807, 2.05) is 7.05 Å². The molecule has 0 N–H and O–H groups in total. The van der Waals surface area contributed by atoms with Crippen molar-refractivity contribution < 1.29 is 4.39 Å². The average molecular weight is 156 g/mol. The standard InChI is InChI=1S/C6H9FN4/c1-10-2-3-11-5(4-10)8-9-6(11)7/h2-4H2,1H3. The van der Waals surface area contributed by atoms with Gasteiger partial charge < -0.3 is 0 Å². The Bertz CT molecular complexity index is 270. The molecule has 0 unspecified atom stereocenters. The first kappa shape index (κ1) is 6.72. The molecule has 0 aromatic carbocycles. The maximum Gasteiger partial charge on any atom is 0.309 e. The zero-order valence-electron chi connectivity index (χ0n) is 6.29. The van der Waals surface area contributed by atoms with E-state index < -0.39 is 6.08 Å². The summed E-state index contributed by atoms with van der Waals surface area (Å²) in [5.74, 6) is 0.719. The van der Waals surface area contributed by atoms with Crippen LogP contribution in [0.5, 0.6) is 0 Å². The van der Waals surface area contributed by atoms with Crippen LogP contribution in [0.4, 0.5) is 4.39 Å². The maximum atomic E-state index is 12.7. The van der Waals surface area contributed by atoms with E-state index in [-0.39, 0.29) is 0 Å². The van der Waals surface area contributed by atoms with E-state index in [0.717, 1.165) is 12.4 Å². The van der Waals surface area contributed by atoms with Crippen molar-refractivity contribution in [2.45, 2.75) is 13.1 Å². The number of fused-ring (bicyclic) bond motifs is 1. The number of halogens is 1. The molecule has 1 aliphatic rings. The molecule has 0 spiro atoms. The fraction of sp³-hybridized carbons (Fsp3) is 0.667. The Morgan fingerprint density at radius 2 is 2.18 bits per heavy atom. The van der Waals surface area contributed by atoms with Crippen molar-refractivity contribution in [1.82, 2.24) is 19.7 Å². The maximum absolute atomic E-state index is 12.7. The first-order valence-corrected chi connectivity index (χ1v) is 3.53. The molecule has 0 fully saturated rings. The summed E-state index contributed by atoms with van der Waals surface area (Å²) >= 11 is 0. The highest BCUT2D eigenvalue weighted by Gasteiger charge is 2.17. The van der Waals surface area contributed by atoms with Crippen LogP contribution in [0.25, 0.3) is 0 Å². The van der Waals surface area contributed by atoms with Gasteiger partial charge in [-0.3, -0.25) is 9.47 Å². The van der Waals surface area contributed by atoms with E-state index in [1.54, 1.807) is 0 Å². The van der Waals surface area contributed by atoms with Crippen LogP contribution in [0.3, 0.4) is 0 Å². The van der Waals surface area contributed by atoms with Crippen LogP contribution in [0.2, 0.25) is 0 Å². The van der Waals surface area contributed by atoms with Crippen molar-refractivity contribution in [3.63, 3.8) is 0 Å². The lowest BCUT2D eigenvalue weighted by molar-refractivity contribution is 0.252. The van der Waals surface area contributed by atoms with Crippen molar-refractivity contribution in [3.05, 3.63) is 11.9 Å². The van der Waals surface area contributed by atoms with Gasteiger partial charge in [-0.05, 0) is 7.05 Å². The van der Waals surface area contributed by atoms with Crippen LogP contribution in [-0.2, 0) is 13.1 Å². The van der Waals surface area contributed by atoms with Crippen LogP contribution in [0.1, 0.15) is 5.82 Å². The second-order valence-corrected chi connectivity index (χ2v) is 2.77. The van der Waals surface area contributed by atoms with E-state index >= 15 is 0 Å². The predicted molar refractivity (Wildman–Crippen MR) is 36.3 cm³/mol. The van der Waals surface area contributed by atoms with Crippen molar-refractivity contribution in [2.24, 2.45) is 0 Å². The first-order valence-electron chi connectivity index (χ1n) is 3.53.